The van der Waals surface area contributed by atoms with Crippen molar-refractivity contribution in [3.05, 3.63) is 0 Å². The zero-order valence-corrected chi connectivity index (χ0v) is 8.79. The van der Waals surface area contributed by atoms with Crippen LogP contribution in [-0.2, 0) is 14.6 Å². The fourth-order valence-electron chi connectivity index (χ4n) is 0.516. The molecule has 0 saturated heterocycles. The van der Waals surface area contributed by atoms with E-state index < -0.39 is 9.84 Å². The van der Waals surface area contributed by atoms with Crippen molar-refractivity contribution in [2.24, 2.45) is 5.73 Å². The van der Waals surface area contributed by atoms with Gasteiger partial charge in [0.05, 0.1) is 19.0 Å². The molecule has 6 heteroatoms. The van der Waals surface area contributed by atoms with Gasteiger partial charge in [-0.2, -0.15) is 0 Å². The average Bonchev–Trinajstić information content (AvgIpc) is 1.99. The molecule has 4 nitrogen and oxygen atoms in total. The number of hydrogen-bond acceptors (Lipinski definition) is 4. The molecule has 0 aromatic rings. The highest BCUT2D eigenvalue weighted by Gasteiger charge is 2.05. The molecule has 0 heterocycles. The Balaban J connectivity index is 0. The Bertz CT molecular complexity index is 181. The third kappa shape index (κ3) is 8.26. The second-order valence-electron chi connectivity index (χ2n) is 2.14. The topological polar surface area (TPSA) is 69.4 Å². The van der Waals surface area contributed by atoms with Crippen molar-refractivity contribution >= 4 is 22.2 Å². The first-order valence-electron chi connectivity index (χ1n) is 3.60. The molecular weight excluding hydrogens is 202 g/mol. The summed E-state index contributed by atoms with van der Waals surface area (Å²) >= 11 is 0. The van der Waals surface area contributed by atoms with Crippen LogP contribution in [0, 0.1) is 0 Å². The van der Waals surface area contributed by atoms with Gasteiger partial charge < -0.3 is 10.5 Å². The number of hydrogen-bond donors (Lipinski definition) is 1. The van der Waals surface area contributed by atoms with Crippen molar-refractivity contribution in [3.8, 4) is 0 Å². The Kier molecular flexibility index (Phi) is 9.53. The minimum atomic E-state index is -2.87. The maximum Gasteiger partial charge on any atom is 0.152 e. The van der Waals surface area contributed by atoms with Gasteiger partial charge in [-0.25, -0.2) is 8.42 Å². The molecule has 76 valence electrons. The molecule has 0 aliphatic heterocycles. The zero-order chi connectivity index (χ0) is 8.74. The lowest BCUT2D eigenvalue weighted by Gasteiger charge is -2.01. The summed E-state index contributed by atoms with van der Waals surface area (Å²) in [6.07, 6.45) is 0. The van der Waals surface area contributed by atoms with Crippen LogP contribution in [-0.4, -0.2) is 39.7 Å². The molecule has 0 aromatic carbocycles. The van der Waals surface area contributed by atoms with Gasteiger partial charge in [-0.05, 0) is 0 Å². The molecule has 0 aromatic heterocycles. The van der Waals surface area contributed by atoms with Crippen molar-refractivity contribution in [1.29, 1.82) is 0 Å². The summed E-state index contributed by atoms with van der Waals surface area (Å²) in [4.78, 5) is 0. The molecule has 2 N–H and O–H groups in total. The highest BCUT2D eigenvalue weighted by atomic mass is 35.5. The highest BCUT2D eigenvalue weighted by Crippen LogP contribution is 1.88. The van der Waals surface area contributed by atoms with E-state index in [0.717, 1.165) is 0 Å². The van der Waals surface area contributed by atoms with Crippen LogP contribution in [0.25, 0.3) is 0 Å². The van der Waals surface area contributed by atoms with Crippen LogP contribution < -0.4 is 5.73 Å². The molecule has 0 radical (unpaired) electrons. The van der Waals surface area contributed by atoms with Gasteiger partial charge in [-0.1, -0.05) is 6.92 Å². The summed E-state index contributed by atoms with van der Waals surface area (Å²) in [5.41, 5.74) is 5.14. The monoisotopic (exact) mass is 217 g/mol. The molecule has 0 atom stereocenters. The van der Waals surface area contributed by atoms with Crippen molar-refractivity contribution in [2.45, 2.75) is 6.92 Å². The van der Waals surface area contributed by atoms with Crippen LogP contribution in [0.1, 0.15) is 6.92 Å². The molecule has 0 aliphatic carbocycles. The molecular formula is C6H16ClNO3S. The molecule has 12 heavy (non-hydrogen) atoms. The number of sulfone groups is 1. The quantitative estimate of drug-likeness (QED) is 0.627. The van der Waals surface area contributed by atoms with Crippen LogP contribution in [0.2, 0.25) is 0 Å². The molecule has 0 unspecified atom stereocenters. The van der Waals surface area contributed by atoms with Crippen LogP contribution in [0.3, 0.4) is 0 Å². The normalized spacial score (nSPS) is 10.8. The Morgan fingerprint density at radius 2 is 1.92 bits per heavy atom. The lowest BCUT2D eigenvalue weighted by Crippen LogP contribution is -2.16. The maximum atomic E-state index is 10.9. The smallest absolute Gasteiger partial charge is 0.152 e. The zero-order valence-electron chi connectivity index (χ0n) is 7.15. The summed E-state index contributed by atoms with van der Waals surface area (Å²) in [7, 11) is -2.87. The summed E-state index contributed by atoms with van der Waals surface area (Å²) in [5.74, 6) is 0.280. The number of nitrogens with two attached hydrogens (primary N) is 1. The molecule has 0 spiro atoms. The average molecular weight is 218 g/mol. The molecule has 0 aliphatic rings. The molecule has 0 rings (SSSR count). The standard InChI is InChI=1S/C6H15NO3S.ClH/c1-2-11(8,9)6-5-10-4-3-7;/h2-7H2,1H3;1H. The van der Waals surface area contributed by atoms with Gasteiger partial charge in [-0.15, -0.1) is 12.4 Å². The Morgan fingerprint density at radius 1 is 1.33 bits per heavy atom. The van der Waals surface area contributed by atoms with E-state index in [1.54, 1.807) is 6.92 Å². The Morgan fingerprint density at radius 3 is 2.33 bits per heavy atom. The minimum absolute atomic E-state index is 0. The first kappa shape index (κ1) is 14.7. The lowest BCUT2D eigenvalue weighted by atomic mass is 10.7. The van der Waals surface area contributed by atoms with Crippen molar-refractivity contribution in [2.75, 3.05) is 31.3 Å². The largest absolute Gasteiger partial charge is 0.379 e. The SMILES string of the molecule is CCS(=O)(=O)CCOCCN.Cl. The summed E-state index contributed by atoms with van der Waals surface area (Å²) < 4.78 is 26.6. The van der Waals surface area contributed by atoms with Crippen molar-refractivity contribution in [1.82, 2.24) is 0 Å². The third-order valence-electron chi connectivity index (χ3n) is 1.24. The van der Waals surface area contributed by atoms with Crippen LogP contribution in [0.4, 0.5) is 0 Å². The number of ether oxygens (including phenoxy) is 1. The van der Waals surface area contributed by atoms with E-state index in [4.69, 9.17) is 10.5 Å². The number of halogens is 1. The van der Waals surface area contributed by atoms with Crippen LogP contribution in [0.5, 0.6) is 0 Å². The van der Waals surface area contributed by atoms with Gasteiger partial charge in [0.2, 0.25) is 0 Å². The van der Waals surface area contributed by atoms with Crippen LogP contribution in [0.15, 0.2) is 0 Å². The molecule has 0 amide bonds. The first-order valence-corrected chi connectivity index (χ1v) is 5.42. The molecule has 0 saturated carbocycles. The van der Waals surface area contributed by atoms with Crippen molar-refractivity contribution < 1.29 is 13.2 Å². The van der Waals surface area contributed by atoms with Gasteiger partial charge in [0.1, 0.15) is 0 Å². The predicted octanol–water partition coefficient (Wildman–Crippen LogP) is -0.182. The second-order valence-corrected chi connectivity index (χ2v) is 4.61. The van der Waals surface area contributed by atoms with Crippen molar-refractivity contribution in [3.63, 3.8) is 0 Å². The third-order valence-corrected chi connectivity index (χ3v) is 2.91. The second kappa shape index (κ2) is 7.79. The van der Waals surface area contributed by atoms with E-state index in [-0.39, 0.29) is 30.5 Å². The van der Waals surface area contributed by atoms with E-state index in [9.17, 15) is 8.42 Å². The van der Waals surface area contributed by atoms with Gasteiger partial charge in [0.25, 0.3) is 0 Å². The molecule has 0 fully saturated rings. The highest BCUT2D eigenvalue weighted by molar-refractivity contribution is 7.91. The van der Waals surface area contributed by atoms with Gasteiger partial charge in [0.15, 0.2) is 9.84 Å². The van der Waals surface area contributed by atoms with Gasteiger partial charge in [0, 0.05) is 12.3 Å². The lowest BCUT2D eigenvalue weighted by molar-refractivity contribution is 0.157. The fraction of sp³-hybridized carbons (Fsp3) is 1.00. The Hall–Kier alpha value is 0.160. The van der Waals surface area contributed by atoms with E-state index in [1.807, 2.05) is 0 Å². The van der Waals surface area contributed by atoms with E-state index >= 15 is 0 Å². The van der Waals surface area contributed by atoms with Gasteiger partial charge in [-0.3, -0.25) is 0 Å². The molecule has 0 bridgehead atoms. The number of rotatable bonds is 6. The first-order chi connectivity index (χ1) is 5.12. The summed E-state index contributed by atoms with van der Waals surface area (Å²) in [6, 6.07) is 0. The van der Waals surface area contributed by atoms with Gasteiger partial charge >= 0.3 is 0 Å². The fourth-order valence-corrected chi connectivity index (χ4v) is 1.18. The van der Waals surface area contributed by atoms with E-state index in [2.05, 4.69) is 0 Å². The predicted molar refractivity (Wildman–Crippen MR) is 51.4 cm³/mol. The summed E-state index contributed by atoms with van der Waals surface area (Å²) in [6.45, 7) is 2.75. The Labute approximate surface area is 79.8 Å². The van der Waals surface area contributed by atoms with Crippen LogP contribution >= 0.6 is 12.4 Å². The maximum absolute atomic E-state index is 10.9. The minimum Gasteiger partial charge on any atom is -0.379 e. The van der Waals surface area contributed by atoms with E-state index in [1.165, 1.54) is 0 Å². The summed E-state index contributed by atoms with van der Waals surface area (Å²) in [5, 5.41) is 0. The van der Waals surface area contributed by atoms with E-state index in [0.29, 0.717) is 13.2 Å².